The molecule has 0 spiro atoms. The molecule has 0 fully saturated rings. The van der Waals surface area contributed by atoms with Gasteiger partial charge in [0.2, 0.25) is 0 Å². The van der Waals surface area contributed by atoms with Crippen molar-refractivity contribution in [2.75, 3.05) is 19.1 Å². The van der Waals surface area contributed by atoms with E-state index >= 15 is 0 Å². The minimum atomic E-state index is -0.455. The first kappa shape index (κ1) is 12.2. The molecule has 0 saturated heterocycles. The van der Waals surface area contributed by atoms with E-state index in [2.05, 4.69) is 0 Å². The highest BCUT2D eigenvalue weighted by Gasteiger charge is 2.23. The van der Waals surface area contributed by atoms with Crippen LogP contribution in [0.1, 0.15) is 27.7 Å². The number of hydrogen-bond donors (Lipinski definition) is 1. The van der Waals surface area contributed by atoms with Crippen LogP contribution in [-0.2, 0) is 4.74 Å². The molecule has 0 radical (unpaired) electrons. The number of ether oxygens (including phenoxy) is 1. The predicted molar refractivity (Wildman–Crippen MR) is 51.6 cm³/mol. The summed E-state index contributed by atoms with van der Waals surface area (Å²) in [4.78, 5) is 0. The number of rotatable bonds is 5. The molecule has 0 saturated carbocycles. The van der Waals surface area contributed by atoms with Crippen LogP contribution >= 0.6 is 11.6 Å². The van der Waals surface area contributed by atoms with E-state index in [9.17, 15) is 0 Å². The zero-order chi connectivity index (χ0) is 9.83. The van der Waals surface area contributed by atoms with Crippen LogP contribution in [0.4, 0.5) is 0 Å². The van der Waals surface area contributed by atoms with Crippen molar-refractivity contribution in [1.82, 2.24) is 0 Å². The van der Waals surface area contributed by atoms with Gasteiger partial charge in [0.25, 0.3) is 0 Å². The SMILES string of the molecule is CC(C)(CCl)COC(C)(C)CO. The van der Waals surface area contributed by atoms with E-state index in [0.29, 0.717) is 12.5 Å². The van der Waals surface area contributed by atoms with Gasteiger partial charge >= 0.3 is 0 Å². The minimum Gasteiger partial charge on any atom is -0.393 e. The fraction of sp³-hybridized carbons (Fsp3) is 1.00. The van der Waals surface area contributed by atoms with Gasteiger partial charge in [-0.3, -0.25) is 0 Å². The van der Waals surface area contributed by atoms with Gasteiger partial charge in [-0.2, -0.15) is 0 Å². The zero-order valence-electron chi connectivity index (χ0n) is 8.35. The summed E-state index contributed by atoms with van der Waals surface area (Å²) in [7, 11) is 0. The standard InChI is InChI=1S/C9H19ClO2/c1-8(2,5-10)7-12-9(3,4)6-11/h11H,5-7H2,1-4H3. The molecule has 2 nitrogen and oxygen atoms in total. The molecule has 74 valence electrons. The van der Waals surface area contributed by atoms with Gasteiger partial charge in [-0.25, -0.2) is 0 Å². The van der Waals surface area contributed by atoms with Gasteiger partial charge in [0, 0.05) is 11.3 Å². The highest BCUT2D eigenvalue weighted by atomic mass is 35.5. The highest BCUT2D eigenvalue weighted by Crippen LogP contribution is 2.20. The Hall–Kier alpha value is 0.210. The molecule has 0 rings (SSSR count). The lowest BCUT2D eigenvalue weighted by atomic mass is 9.97. The second-order valence-corrected chi connectivity index (χ2v) is 4.77. The average Bonchev–Trinajstić information content (AvgIpc) is 2.02. The van der Waals surface area contributed by atoms with E-state index in [0.717, 1.165) is 0 Å². The van der Waals surface area contributed by atoms with E-state index in [1.165, 1.54) is 0 Å². The van der Waals surface area contributed by atoms with Crippen LogP contribution in [0.2, 0.25) is 0 Å². The Balaban J connectivity index is 3.82. The first-order valence-electron chi connectivity index (χ1n) is 4.14. The smallest absolute Gasteiger partial charge is 0.0856 e. The average molecular weight is 195 g/mol. The van der Waals surface area contributed by atoms with Crippen molar-refractivity contribution >= 4 is 11.6 Å². The topological polar surface area (TPSA) is 29.5 Å². The van der Waals surface area contributed by atoms with Crippen LogP contribution in [0.25, 0.3) is 0 Å². The van der Waals surface area contributed by atoms with Crippen LogP contribution in [0.3, 0.4) is 0 Å². The lowest BCUT2D eigenvalue weighted by Gasteiger charge is -2.29. The molecule has 0 aliphatic carbocycles. The zero-order valence-corrected chi connectivity index (χ0v) is 9.11. The number of halogens is 1. The maximum Gasteiger partial charge on any atom is 0.0856 e. The fourth-order valence-corrected chi connectivity index (χ4v) is 0.552. The predicted octanol–water partition coefficient (Wildman–Crippen LogP) is 2.04. The van der Waals surface area contributed by atoms with Gasteiger partial charge in [0.15, 0.2) is 0 Å². The number of alkyl halides is 1. The van der Waals surface area contributed by atoms with Crippen LogP contribution in [0.5, 0.6) is 0 Å². The Labute approximate surface area is 79.9 Å². The van der Waals surface area contributed by atoms with Gasteiger partial charge < -0.3 is 9.84 Å². The van der Waals surface area contributed by atoms with Gasteiger partial charge in [-0.15, -0.1) is 11.6 Å². The molecular formula is C9H19ClO2. The Bertz CT molecular complexity index is 116. The van der Waals surface area contributed by atoms with E-state index in [4.69, 9.17) is 21.4 Å². The molecule has 0 bridgehead atoms. The van der Waals surface area contributed by atoms with Crippen LogP contribution in [0, 0.1) is 5.41 Å². The summed E-state index contributed by atoms with van der Waals surface area (Å²) in [6, 6.07) is 0. The molecule has 0 heterocycles. The summed E-state index contributed by atoms with van der Waals surface area (Å²) in [5.74, 6) is 0.564. The van der Waals surface area contributed by atoms with E-state index in [1.54, 1.807) is 0 Å². The first-order chi connectivity index (χ1) is 5.33. The third-order valence-electron chi connectivity index (χ3n) is 1.60. The second-order valence-electron chi connectivity index (χ2n) is 4.50. The molecule has 12 heavy (non-hydrogen) atoms. The van der Waals surface area contributed by atoms with Crippen molar-refractivity contribution in [1.29, 1.82) is 0 Å². The number of aliphatic hydroxyl groups is 1. The monoisotopic (exact) mass is 194 g/mol. The minimum absolute atomic E-state index is 0.0198. The molecule has 0 amide bonds. The molecule has 0 atom stereocenters. The van der Waals surface area contributed by atoms with Crippen LogP contribution in [-0.4, -0.2) is 29.8 Å². The van der Waals surface area contributed by atoms with Gasteiger partial charge in [-0.1, -0.05) is 13.8 Å². The van der Waals surface area contributed by atoms with Gasteiger partial charge in [0.05, 0.1) is 18.8 Å². The molecule has 0 aromatic heterocycles. The van der Waals surface area contributed by atoms with Crippen molar-refractivity contribution in [3.8, 4) is 0 Å². The Morgan fingerprint density at radius 1 is 1.25 bits per heavy atom. The number of aliphatic hydroxyl groups excluding tert-OH is 1. The quantitative estimate of drug-likeness (QED) is 0.679. The van der Waals surface area contributed by atoms with Crippen LogP contribution in [0.15, 0.2) is 0 Å². The third-order valence-corrected chi connectivity index (χ3v) is 2.32. The lowest BCUT2D eigenvalue weighted by Crippen LogP contribution is -2.34. The maximum atomic E-state index is 8.91. The Kier molecular flexibility index (Phi) is 4.53. The summed E-state index contributed by atoms with van der Waals surface area (Å²) in [6.45, 7) is 8.39. The lowest BCUT2D eigenvalue weighted by molar-refractivity contribution is -0.0779. The van der Waals surface area contributed by atoms with Crippen molar-refractivity contribution in [3.63, 3.8) is 0 Å². The highest BCUT2D eigenvalue weighted by molar-refractivity contribution is 6.18. The molecule has 3 heteroatoms. The first-order valence-corrected chi connectivity index (χ1v) is 4.67. The maximum absolute atomic E-state index is 8.91. The molecule has 0 aliphatic rings. The fourth-order valence-electron chi connectivity index (χ4n) is 0.475. The number of hydrogen-bond acceptors (Lipinski definition) is 2. The van der Waals surface area contributed by atoms with Crippen LogP contribution < -0.4 is 0 Å². The molecular weight excluding hydrogens is 176 g/mol. The largest absolute Gasteiger partial charge is 0.393 e. The molecule has 0 aromatic carbocycles. The van der Waals surface area contributed by atoms with E-state index in [1.807, 2.05) is 27.7 Å². The molecule has 1 N–H and O–H groups in total. The summed E-state index contributed by atoms with van der Waals surface area (Å²) in [5, 5.41) is 8.91. The van der Waals surface area contributed by atoms with Gasteiger partial charge in [-0.05, 0) is 13.8 Å². The normalized spacial score (nSPS) is 13.5. The van der Waals surface area contributed by atoms with Crippen molar-refractivity contribution in [2.45, 2.75) is 33.3 Å². The van der Waals surface area contributed by atoms with Crippen molar-refractivity contribution in [3.05, 3.63) is 0 Å². The second kappa shape index (κ2) is 4.45. The molecule has 0 unspecified atom stereocenters. The molecule has 0 aliphatic heterocycles. The van der Waals surface area contributed by atoms with Gasteiger partial charge in [0.1, 0.15) is 0 Å². The van der Waals surface area contributed by atoms with E-state index in [-0.39, 0.29) is 12.0 Å². The Morgan fingerprint density at radius 3 is 2.08 bits per heavy atom. The van der Waals surface area contributed by atoms with E-state index < -0.39 is 5.60 Å². The summed E-state index contributed by atoms with van der Waals surface area (Å²) < 4.78 is 5.50. The summed E-state index contributed by atoms with van der Waals surface area (Å²) >= 11 is 5.72. The van der Waals surface area contributed by atoms with Crippen molar-refractivity contribution < 1.29 is 9.84 Å². The summed E-state index contributed by atoms with van der Waals surface area (Å²) in [6.07, 6.45) is 0. The third kappa shape index (κ3) is 4.96. The van der Waals surface area contributed by atoms with Crippen molar-refractivity contribution in [2.24, 2.45) is 5.41 Å². The molecule has 0 aromatic rings. The Morgan fingerprint density at radius 2 is 1.75 bits per heavy atom. The summed E-state index contributed by atoms with van der Waals surface area (Å²) in [5.41, 5.74) is -0.475.